The van der Waals surface area contributed by atoms with Crippen LogP contribution in [0.5, 0.6) is 0 Å². The molecule has 1 aromatic heterocycles. The summed E-state index contributed by atoms with van der Waals surface area (Å²) in [4.78, 5) is 34.6. The minimum absolute atomic E-state index is 0.264. The minimum Gasteiger partial charge on any atom is -0.481 e. The Morgan fingerprint density at radius 2 is 2.00 bits per heavy atom. The zero-order valence-corrected chi connectivity index (χ0v) is 12.2. The lowest BCUT2D eigenvalue weighted by molar-refractivity contribution is -0.139. The summed E-state index contributed by atoms with van der Waals surface area (Å²) in [5, 5.41) is 18.6. The first-order valence-electron chi connectivity index (χ1n) is 6.38. The Bertz CT molecular complexity index is 728. The molecule has 1 heterocycles. The molecule has 2 aromatic rings. The summed E-state index contributed by atoms with van der Waals surface area (Å²) in [6.45, 7) is 0. The molecule has 0 bridgehead atoms. The Labute approximate surface area is 125 Å². The molecule has 0 spiro atoms. The van der Waals surface area contributed by atoms with Crippen LogP contribution in [0.4, 0.5) is 5.69 Å². The largest absolute Gasteiger partial charge is 0.643 e. The third-order valence-corrected chi connectivity index (χ3v) is 4.08. The van der Waals surface area contributed by atoms with E-state index < -0.39 is 32.6 Å². The fourth-order valence-electron chi connectivity index (χ4n) is 2.26. The van der Waals surface area contributed by atoms with Crippen LogP contribution in [0.3, 0.4) is 0 Å². The van der Waals surface area contributed by atoms with Crippen molar-refractivity contribution in [1.82, 2.24) is 4.98 Å². The van der Waals surface area contributed by atoms with E-state index in [-0.39, 0.29) is 12.1 Å². The molecule has 8 nitrogen and oxygen atoms in total. The third-order valence-electron chi connectivity index (χ3n) is 3.22. The number of carbonyl (C=O) groups is 2. The van der Waals surface area contributed by atoms with Gasteiger partial charge in [-0.15, -0.1) is 9.56 Å². The number of hydrogen-bond acceptors (Lipinski definition) is 3. The van der Waals surface area contributed by atoms with Gasteiger partial charge in [-0.3, -0.25) is 4.79 Å². The van der Waals surface area contributed by atoms with Gasteiger partial charge in [-0.1, -0.05) is 6.07 Å². The summed E-state index contributed by atoms with van der Waals surface area (Å²) >= 11 is 0. The number of carboxylic acids is 2. The molecule has 0 saturated heterocycles. The number of aromatic nitrogens is 1. The molecule has 0 aliphatic heterocycles. The molecule has 0 saturated carbocycles. The van der Waals surface area contributed by atoms with Gasteiger partial charge in [-0.25, -0.2) is 4.79 Å². The van der Waals surface area contributed by atoms with Crippen molar-refractivity contribution in [3.05, 3.63) is 30.5 Å². The highest BCUT2D eigenvalue weighted by Crippen LogP contribution is 2.38. The summed E-state index contributed by atoms with van der Waals surface area (Å²) in [6.07, 6.45) is 0.927. The van der Waals surface area contributed by atoms with Crippen LogP contribution >= 0.6 is 8.18 Å². The molecule has 0 aliphatic rings. The standard InChI is InChI=1S/C13H13N2O6P/c16-12(17)5-4-11(13(18)19)15(22(20)21)10-3-1-2-9-8(10)6-7-14-9/h1-3,6-7,11,14H,4-5H2,(H2-,16,17,18,19,20,21)/p+1. The monoisotopic (exact) mass is 325 g/mol. The van der Waals surface area contributed by atoms with Crippen molar-refractivity contribution < 1.29 is 29.3 Å². The maximum atomic E-state index is 11.7. The molecule has 0 fully saturated rings. The van der Waals surface area contributed by atoms with Gasteiger partial charge >= 0.3 is 20.1 Å². The number of benzene rings is 1. The zero-order valence-electron chi connectivity index (χ0n) is 11.3. The zero-order chi connectivity index (χ0) is 16.3. The van der Waals surface area contributed by atoms with Crippen LogP contribution < -0.4 is 4.67 Å². The number of aliphatic carboxylic acids is 2. The number of nitrogens with one attached hydrogen (secondary N) is 1. The average molecular weight is 325 g/mol. The maximum absolute atomic E-state index is 11.7. The molecule has 4 N–H and O–H groups in total. The van der Waals surface area contributed by atoms with E-state index in [0.29, 0.717) is 10.9 Å². The average Bonchev–Trinajstić information content (AvgIpc) is 2.90. The molecule has 0 radical (unpaired) electrons. The van der Waals surface area contributed by atoms with Crippen molar-refractivity contribution in [1.29, 1.82) is 0 Å². The van der Waals surface area contributed by atoms with Gasteiger partial charge in [-0.05, 0) is 29.2 Å². The van der Waals surface area contributed by atoms with Crippen molar-refractivity contribution in [2.24, 2.45) is 0 Å². The fraction of sp³-hybridized carbons (Fsp3) is 0.231. The predicted molar refractivity (Wildman–Crippen MR) is 78.9 cm³/mol. The van der Waals surface area contributed by atoms with Crippen LogP contribution in [-0.4, -0.2) is 38.1 Å². The summed E-state index contributed by atoms with van der Waals surface area (Å²) in [5.41, 5.74) is 0.946. The SMILES string of the molecule is O=C(O)CCC(C(=O)O)N(c1cccc2[nH]ccc12)[P+](=O)O. The second kappa shape index (κ2) is 6.55. The quantitative estimate of drug-likeness (QED) is 0.572. The van der Waals surface area contributed by atoms with E-state index >= 15 is 0 Å². The van der Waals surface area contributed by atoms with Gasteiger partial charge in [-0.2, -0.15) is 0 Å². The Morgan fingerprint density at radius 1 is 1.27 bits per heavy atom. The smallest absolute Gasteiger partial charge is 0.481 e. The highest BCUT2D eigenvalue weighted by atomic mass is 31.1. The van der Waals surface area contributed by atoms with Crippen LogP contribution in [0.1, 0.15) is 12.8 Å². The number of fused-ring (bicyclic) bond motifs is 1. The Hall–Kier alpha value is -2.44. The van der Waals surface area contributed by atoms with E-state index in [1.807, 2.05) is 0 Å². The first-order chi connectivity index (χ1) is 10.4. The van der Waals surface area contributed by atoms with Crippen LogP contribution in [0.2, 0.25) is 0 Å². The summed E-state index contributed by atoms with van der Waals surface area (Å²) < 4.78 is 12.6. The molecular weight excluding hydrogens is 311 g/mol. The first-order valence-corrected chi connectivity index (χ1v) is 7.54. The molecule has 0 amide bonds. The van der Waals surface area contributed by atoms with Crippen molar-refractivity contribution in [3.8, 4) is 0 Å². The van der Waals surface area contributed by atoms with E-state index in [9.17, 15) is 24.2 Å². The Morgan fingerprint density at radius 3 is 2.59 bits per heavy atom. The van der Waals surface area contributed by atoms with Crippen molar-refractivity contribution >= 4 is 36.7 Å². The molecule has 9 heteroatoms. The number of hydrogen-bond donors (Lipinski definition) is 4. The summed E-state index contributed by atoms with van der Waals surface area (Å²) in [5.74, 6) is -2.52. The van der Waals surface area contributed by atoms with E-state index in [2.05, 4.69) is 4.98 Å². The van der Waals surface area contributed by atoms with Gasteiger partial charge in [0.1, 0.15) is 0 Å². The Kier molecular flexibility index (Phi) is 4.75. The fourth-order valence-corrected chi connectivity index (χ4v) is 3.07. The van der Waals surface area contributed by atoms with Crippen LogP contribution in [-0.2, 0) is 14.2 Å². The summed E-state index contributed by atoms with van der Waals surface area (Å²) in [6, 6.07) is 5.14. The topological polar surface area (TPSA) is 131 Å². The number of nitrogens with zero attached hydrogens (tertiary/aromatic N) is 1. The molecule has 2 rings (SSSR count). The first kappa shape index (κ1) is 15.9. The van der Waals surface area contributed by atoms with Gasteiger partial charge in [0.15, 0.2) is 6.04 Å². The number of rotatable bonds is 7. The van der Waals surface area contributed by atoms with E-state index in [0.717, 1.165) is 4.67 Å². The Balaban J connectivity index is 2.47. The number of aromatic amines is 1. The molecule has 2 atom stereocenters. The van der Waals surface area contributed by atoms with Gasteiger partial charge in [0, 0.05) is 23.5 Å². The van der Waals surface area contributed by atoms with Gasteiger partial charge in [0.05, 0.1) is 5.69 Å². The molecule has 2 unspecified atom stereocenters. The lowest BCUT2D eigenvalue weighted by atomic mass is 10.1. The number of carboxylic acid groups (broad SMARTS) is 2. The number of anilines is 1. The normalized spacial score (nSPS) is 12.9. The van der Waals surface area contributed by atoms with Gasteiger partial charge < -0.3 is 15.2 Å². The molecule has 116 valence electrons. The number of H-pyrrole nitrogens is 1. The highest BCUT2D eigenvalue weighted by molar-refractivity contribution is 7.40. The second-order valence-corrected chi connectivity index (χ2v) is 5.54. The third kappa shape index (κ3) is 3.24. The van der Waals surface area contributed by atoms with Crippen molar-refractivity contribution in [3.63, 3.8) is 0 Å². The van der Waals surface area contributed by atoms with E-state index in [4.69, 9.17) is 5.11 Å². The summed E-state index contributed by atoms with van der Waals surface area (Å²) in [7, 11) is -3.00. The van der Waals surface area contributed by atoms with Crippen LogP contribution in [0, 0.1) is 0 Å². The van der Waals surface area contributed by atoms with E-state index in [1.54, 1.807) is 24.4 Å². The molecule has 1 aromatic carbocycles. The van der Waals surface area contributed by atoms with Gasteiger partial charge in [0.25, 0.3) is 0 Å². The molecule has 22 heavy (non-hydrogen) atoms. The van der Waals surface area contributed by atoms with Crippen molar-refractivity contribution in [2.75, 3.05) is 4.67 Å². The highest BCUT2D eigenvalue weighted by Gasteiger charge is 2.40. The minimum atomic E-state index is -3.00. The van der Waals surface area contributed by atoms with Crippen LogP contribution in [0.25, 0.3) is 10.9 Å². The molecular formula is C13H14N2O6P+. The lowest BCUT2D eigenvalue weighted by Gasteiger charge is -2.19. The second-order valence-electron chi connectivity index (χ2n) is 4.60. The molecule has 0 aliphatic carbocycles. The van der Waals surface area contributed by atoms with Crippen LogP contribution in [0.15, 0.2) is 30.5 Å². The lowest BCUT2D eigenvalue weighted by Crippen LogP contribution is -2.37. The predicted octanol–water partition coefficient (Wildman–Crippen LogP) is 1.94. The maximum Gasteiger partial charge on any atom is 0.643 e. The van der Waals surface area contributed by atoms with Gasteiger partial charge in [0.2, 0.25) is 0 Å². The van der Waals surface area contributed by atoms with E-state index in [1.165, 1.54) is 6.07 Å². The van der Waals surface area contributed by atoms with Crippen molar-refractivity contribution in [2.45, 2.75) is 18.9 Å².